The lowest BCUT2D eigenvalue weighted by Crippen LogP contribution is -2.02. The van der Waals surface area contributed by atoms with E-state index < -0.39 is 45.4 Å². The molecule has 0 fully saturated rings. The van der Waals surface area contributed by atoms with Crippen molar-refractivity contribution in [3.8, 4) is 80.1 Å². The van der Waals surface area contributed by atoms with Crippen molar-refractivity contribution < 1.29 is 59.9 Å². The van der Waals surface area contributed by atoms with Crippen molar-refractivity contribution in [3.05, 3.63) is 81.1 Å². The molecule has 0 radical (unpaired) electrons. The monoisotopic (exact) mass is 604 g/mol. The van der Waals surface area contributed by atoms with Gasteiger partial charge in [0.1, 0.15) is 44.9 Å². The fourth-order valence-corrected chi connectivity index (χ4v) is 4.27. The van der Waals surface area contributed by atoms with E-state index in [1.54, 1.807) is 0 Å². The van der Waals surface area contributed by atoms with Gasteiger partial charge in [-0.25, -0.2) is 0 Å². The minimum Gasteiger partial charge on any atom is -0.508 e. The summed E-state index contributed by atoms with van der Waals surface area (Å²) in [6.45, 7) is 0. The lowest BCUT2D eigenvalue weighted by molar-refractivity contribution is 0.403. The van der Waals surface area contributed by atoms with Crippen LogP contribution >= 0.6 is 0 Å². The average molecular weight is 604 g/mol. The average Bonchev–Trinajstić information content (AvgIpc) is 2.95. The summed E-state index contributed by atoms with van der Waals surface area (Å²) < 4.78 is 10.7. The third-order valence-corrected chi connectivity index (χ3v) is 6.35. The molecule has 2 heterocycles. The number of aromatic hydroxyl groups is 10. The zero-order chi connectivity index (χ0) is 32.0. The fraction of sp³-hybridized carbons (Fsp3) is 0. The Morgan fingerprint density at radius 3 is 1.11 bits per heavy atom. The summed E-state index contributed by atoms with van der Waals surface area (Å²) in [5.41, 5.74) is -1.78. The standard InChI is InChI=1S/2C15H10O7/c2*16-7-4-10(19)12-11(5-7)22-15(14(21)13(12)20)6-1-2-8(17)9(18)3-6/h2*1-5,16-19,21H. The van der Waals surface area contributed by atoms with Gasteiger partial charge in [0.2, 0.25) is 22.4 Å². The van der Waals surface area contributed by atoms with Crippen LogP contribution in [0, 0.1) is 0 Å². The maximum atomic E-state index is 12.1. The third kappa shape index (κ3) is 4.98. The van der Waals surface area contributed by atoms with Gasteiger partial charge in [0.05, 0.1) is 0 Å². The Bertz CT molecular complexity index is 2070. The largest absolute Gasteiger partial charge is 0.508 e. The molecule has 224 valence electrons. The van der Waals surface area contributed by atoms with Crippen molar-refractivity contribution in [2.24, 2.45) is 0 Å². The smallest absolute Gasteiger partial charge is 0.238 e. The van der Waals surface area contributed by atoms with Crippen LogP contribution in [0.5, 0.6) is 57.5 Å². The second-order valence-electron chi connectivity index (χ2n) is 9.30. The second-order valence-corrected chi connectivity index (χ2v) is 9.30. The minimum atomic E-state index is -0.888. The lowest BCUT2D eigenvalue weighted by atomic mass is 10.1. The molecule has 0 amide bonds. The topological polar surface area (TPSA) is 263 Å². The van der Waals surface area contributed by atoms with Crippen molar-refractivity contribution in [2.45, 2.75) is 0 Å². The summed E-state index contributed by atoms with van der Waals surface area (Å²) in [6, 6.07) is 11.3. The van der Waals surface area contributed by atoms with Gasteiger partial charge in [-0.3, -0.25) is 9.59 Å². The number of phenols is 8. The predicted molar refractivity (Wildman–Crippen MR) is 152 cm³/mol. The van der Waals surface area contributed by atoms with Crippen molar-refractivity contribution in [2.75, 3.05) is 0 Å². The maximum absolute atomic E-state index is 12.1. The number of phenolic OH excluding ortho intramolecular Hbond substituents is 8. The minimum absolute atomic E-state index is 0.134. The molecule has 4 aromatic carbocycles. The van der Waals surface area contributed by atoms with Crippen LogP contribution in [0.2, 0.25) is 0 Å². The normalized spacial score (nSPS) is 10.9. The second kappa shape index (κ2) is 10.6. The first-order valence-electron chi connectivity index (χ1n) is 12.2. The van der Waals surface area contributed by atoms with Gasteiger partial charge in [-0.15, -0.1) is 0 Å². The fourth-order valence-electron chi connectivity index (χ4n) is 4.27. The molecule has 0 aliphatic carbocycles. The van der Waals surface area contributed by atoms with Gasteiger partial charge < -0.3 is 59.9 Å². The lowest BCUT2D eigenvalue weighted by Gasteiger charge is -2.08. The van der Waals surface area contributed by atoms with Gasteiger partial charge in [-0.2, -0.15) is 0 Å². The number of hydrogen-bond donors (Lipinski definition) is 10. The molecule has 0 spiro atoms. The Kier molecular flexibility index (Phi) is 6.95. The zero-order valence-electron chi connectivity index (χ0n) is 21.9. The van der Waals surface area contributed by atoms with Gasteiger partial charge >= 0.3 is 0 Å². The van der Waals surface area contributed by atoms with E-state index in [9.17, 15) is 60.7 Å². The highest BCUT2D eigenvalue weighted by Gasteiger charge is 2.21. The molecule has 0 aliphatic rings. The van der Waals surface area contributed by atoms with Crippen molar-refractivity contribution in [1.82, 2.24) is 0 Å². The van der Waals surface area contributed by atoms with E-state index >= 15 is 0 Å². The summed E-state index contributed by atoms with van der Waals surface area (Å²) in [4.78, 5) is 24.3. The molecule has 0 aliphatic heterocycles. The molecular formula is C30H20O14. The van der Waals surface area contributed by atoms with Crippen molar-refractivity contribution in [3.63, 3.8) is 0 Å². The quantitative estimate of drug-likeness (QED) is 0.125. The van der Waals surface area contributed by atoms with Crippen LogP contribution in [0.1, 0.15) is 0 Å². The Balaban J connectivity index is 0.000000175. The van der Waals surface area contributed by atoms with E-state index in [2.05, 4.69) is 0 Å². The van der Waals surface area contributed by atoms with Crippen LogP contribution in [-0.2, 0) is 0 Å². The van der Waals surface area contributed by atoms with Crippen LogP contribution in [0.3, 0.4) is 0 Å². The first kappa shape index (κ1) is 28.8. The van der Waals surface area contributed by atoms with Crippen molar-refractivity contribution in [1.29, 1.82) is 0 Å². The Morgan fingerprint density at radius 2 is 0.773 bits per heavy atom. The predicted octanol–water partition coefficient (Wildman–Crippen LogP) is 3.98. The summed E-state index contributed by atoms with van der Waals surface area (Å²) in [7, 11) is 0. The summed E-state index contributed by atoms with van der Waals surface area (Å²) in [5.74, 6) is -5.43. The SMILES string of the molecule is O=c1c(O)c(-c2ccc(O)c(O)c2)oc2cc(O)cc(O)c12.O=c1c(O)c(-c2ccc(O)c(O)c2)oc2cc(O)cc(O)c12. The molecule has 0 saturated carbocycles. The molecular weight excluding hydrogens is 584 g/mol. The molecule has 2 aromatic heterocycles. The molecule has 0 saturated heterocycles. The highest BCUT2D eigenvalue weighted by atomic mass is 16.4. The Labute approximate surface area is 243 Å². The molecule has 14 heteroatoms. The highest BCUT2D eigenvalue weighted by Crippen LogP contribution is 2.39. The van der Waals surface area contributed by atoms with Gasteiger partial charge in [-0.1, -0.05) is 0 Å². The molecule has 0 unspecified atom stereocenters. The highest BCUT2D eigenvalue weighted by molar-refractivity contribution is 5.89. The molecule has 44 heavy (non-hydrogen) atoms. The Morgan fingerprint density at radius 1 is 0.409 bits per heavy atom. The van der Waals surface area contributed by atoms with E-state index in [0.29, 0.717) is 0 Å². The van der Waals surface area contributed by atoms with Gasteiger partial charge in [-0.05, 0) is 36.4 Å². The van der Waals surface area contributed by atoms with Crippen molar-refractivity contribution >= 4 is 21.9 Å². The molecule has 6 rings (SSSR count). The first-order chi connectivity index (χ1) is 20.8. The van der Waals surface area contributed by atoms with E-state index in [1.165, 1.54) is 12.1 Å². The molecule has 0 bridgehead atoms. The van der Waals surface area contributed by atoms with Gasteiger partial charge in [0.25, 0.3) is 0 Å². The maximum Gasteiger partial charge on any atom is 0.238 e. The third-order valence-electron chi connectivity index (χ3n) is 6.35. The number of fused-ring (bicyclic) bond motifs is 2. The van der Waals surface area contributed by atoms with Crippen LogP contribution in [0.4, 0.5) is 0 Å². The molecule has 14 nitrogen and oxygen atoms in total. The molecule has 6 aromatic rings. The van der Waals surface area contributed by atoms with E-state index in [4.69, 9.17) is 8.83 Å². The van der Waals surface area contributed by atoms with E-state index in [-0.39, 0.29) is 67.6 Å². The summed E-state index contributed by atoms with van der Waals surface area (Å²) >= 11 is 0. The van der Waals surface area contributed by atoms with Gasteiger partial charge in [0.15, 0.2) is 34.5 Å². The molecule has 0 atom stereocenters. The number of benzene rings is 4. The zero-order valence-corrected chi connectivity index (χ0v) is 21.9. The van der Waals surface area contributed by atoms with Crippen LogP contribution in [-0.4, -0.2) is 51.1 Å². The van der Waals surface area contributed by atoms with E-state index in [1.807, 2.05) is 0 Å². The van der Waals surface area contributed by atoms with E-state index in [0.717, 1.165) is 48.5 Å². The number of rotatable bonds is 2. The van der Waals surface area contributed by atoms with Gasteiger partial charge in [0, 0.05) is 35.4 Å². The summed E-state index contributed by atoms with van der Waals surface area (Å²) in [5, 5.41) is 95.3. The van der Waals surface area contributed by atoms with Crippen LogP contribution in [0.25, 0.3) is 44.6 Å². The first-order valence-corrected chi connectivity index (χ1v) is 12.2. The summed E-state index contributed by atoms with van der Waals surface area (Å²) in [6.07, 6.45) is 0. The van der Waals surface area contributed by atoms with Crippen LogP contribution < -0.4 is 10.9 Å². The molecule has 10 N–H and O–H groups in total. The number of hydrogen-bond acceptors (Lipinski definition) is 14. The van der Waals surface area contributed by atoms with Crippen LogP contribution in [0.15, 0.2) is 79.1 Å². The Hall–Kier alpha value is -6.70.